The summed E-state index contributed by atoms with van der Waals surface area (Å²) >= 11 is 0. The molecule has 4 fully saturated rings. The van der Waals surface area contributed by atoms with Crippen LogP contribution in [0.3, 0.4) is 0 Å². The van der Waals surface area contributed by atoms with Gasteiger partial charge in [-0.25, -0.2) is 0 Å². The van der Waals surface area contributed by atoms with Crippen molar-refractivity contribution in [1.29, 1.82) is 0 Å². The molecular weight excluding hydrogens is 436 g/mol. The Kier molecular flexibility index (Phi) is 8.28. The SMILES string of the molecule is CCOC(=O)C(CC[C@@H](C)C1CCC2C3CCC4C[C@H](C)CC[C@]4(C)C3CC[C@@]21C)C(=O)OCC. The van der Waals surface area contributed by atoms with Crippen molar-refractivity contribution in [3.05, 3.63) is 0 Å². The molecular formula is C31H52O4. The summed E-state index contributed by atoms with van der Waals surface area (Å²) in [6.45, 7) is 14.3. The minimum atomic E-state index is -0.776. The third kappa shape index (κ3) is 4.93. The highest BCUT2D eigenvalue weighted by Crippen LogP contribution is 2.68. The van der Waals surface area contributed by atoms with Crippen LogP contribution in [0.25, 0.3) is 0 Å². The predicted molar refractivity (Wildman–Crippen MR) is 140 cm³/mol. The molecule has 0 spiro atoms. The first-order valence-corrected chi connectivity index (χ1v) is 15.0. The van der Waals surface area contributed by atoms with Crippen molar-refractivity contribution in [3.8, 4) is 0 Å². The molecule has 0 aromatic carbocycles. The van der Waals surface area contributed by atoms with Gasteiger partial charge in [0.2, 0.25) is 0 Å². The van der Waals surface area contributed by atoms with Gasteiger partial charge in [-0.2, -0.15) is 0 Å². The van der Waals surface area contributed by atoms with Crippen molar-refractivity contribution in [2.45, 2.75) is 112 Å². The minimum absolute atomic E-state index is 0.300. The average Bonchev–Trinajstić information content (AvgIpc) is 3.17. The van der Waals surface area contributed by atoms with Gasteiger partial charge in [0.1, 0.15) is 0 Å². The number of hydrogen-bond donors (Lipinski definition) is 0. The van der Waals surface area contributed by atoms with Crippen LogP contribution in [0.4, 0.5) is 0 Å². The zero-order chi connectivity index (χ0) is 25.4. The zero-order valence-corrected chi connectivity index (χ0v) is 23.4. The Bertz CT molecular complexity index is 745. The Morgan fingerprint density at radius 1 is 0.829 bits per heavy atom. The van der Waals surface area contributed by atoms with Gasteiger partial charge < -0.3 is 9.47 Å². The van der Waals surface area contributed by atoms with Crippen LogP contribution in [0.5, 0.6) is 0 Å². The van der Waals surface area contributed by atoms with Gasteiger partial charge in [0.05, 0.1) is 13.2 Å². The van der Waals surface area contributed by atoms with E-state index in [4.69, 9.17) is 9.47 Å². The fraction of sp³-hybridized carbons (Fsp3) is 0.935. The molecule has 0 amide bonds. The lowest BCUT2D eigenvalue weighted by Crippen LogP contribution is -2.53. The maximum atomic E-state index is 12.5. The molecule has 0 radical (unpaired) electrons. The minimum Gasteiger partial charge on any atom is -0.465 e. The van der Waals surface area contributed by atoms with Crippen molar-refractivity contribution in [1.82, 2.24) is 0 Å². The number of carbonyl (C=O) groups excluding carboxylic acids is 2. The van der Waals surface area contributed by atoms with Gasteiger partial charge in [0, 0.05) is 0 Å². The maximum absolute atomic E-state index is 12.5. The molecule has 0 aromatic heterocycles. The van der Waals surface area contributed by atoms with Gasteiger partial charge in [-0.05, 0) is 130 Å². The molecule has 0 aliphatic heterocycles. The van der Waals surface area contributed by atoms with Gasteiger partial charge in [-0.3, -0.25) is 9.59 Å². The lowest BCUT2D eigenvalue weighted by Gasteiger charge is -2.61. The predicted octanol–water partition coefficient (Wildman–Crippen LogP) is 7.44. The molecule has 4 saturated carbocycles. The Labute approximate surface area is 214 Å². The maximum Gasteiger partial charge on any atom is 0.320 e. The Morgan fingerprint density at radius 3 is 2.11 bits per heavy atom. The number of carbonyl (C=O) groups is 2. The van der Waals surface area contributed by atoms with Crippen molar-refractivity contribution in [3.63, 3.8) is 0 Å². The van der Waals surface area contributed by atoms with Crippen molar-refractivity contribution < 1.29 is 19.1 Å². The summed E-state index contributed by atoms with van der Waals surface area (Å²) in [6.07, 6.45) is 14.1. The van der Waals surface area contributed by atoms with Crippen molar-refractivity contribution >= 4 is 11.9 Å². The molecule has 35 heavy (non-hydrogen) atoms. The fourth-order valence-electron chi connectivity index (χ4n) is 9.90. The molecule has 4 heteroatoms. The molecule has 0 heterocycles. The highest BCUT2D eigenvalue weighted by Gasteiger charge is 2.60. The highest BCUT2D eigenvalue weighted by molar-refractivity contribution is 5.94. The van der Waals surface area contributed by atoms with Gasteiger partial charge in [-0.1, -0.05) is 34.1 Å². The third-order valence-electron chi connectivity index (χ3n) is 11.7. The first-order chi connectivity index (χ1) is 16.7. The third-order valence-corrected chi connectivity index (χ3v) is 11.7. The van der Waals surface area contributed by atoms with Crippen molar-refractivity contribution in [2.75, 3.05) is 13.2 Å². The largest absolute Gasteiger partial charge is 0.465 e. The zero-order valence-electron chi connectivity index (χ0n) is 23.4. The molecule has 5 unspecified atom stereocenters. The van der Waals surface area contributed by atoms with E-state index in [1.165, 1.54) is 57.8 Å². The number of fused-ring (bicyclic) bond motifs is 5. The first-order valence-electron chi connectivity index (χ1n) is 15.0. The fourth-order valence-corrected chi connectivity index (χ4v) is 9.90. The normalized spacial score (nSPS) is 41.5. The van der Waals surface area contributed by atoms with Gasteiger partial charge in [0.25, 0.3) is 0 Å². The van der Waals surface area contributed by atoms with Crippen molar-refractivity contribution in [2.24, 2.45) is 58.2 Å². The topological polar surface area (TPSA) is 52.6 Å². The number of rotatable bonds is 8. The molecule has 4 nitrogen and oxygen atoms in total. The summed E-state index contributed by atoms with van der Waals surface area (Å²) in [5.74, 6) is 4.16. The molecule has 0 saturated heterocycles. The standard InChI is InChI=1S/C31H52O4/c1-7-34-28(32)24(29(33)35-8-2)11-9-21(4)25-13-14-26-23-12-10-22-19-20(3)15-17-30(22,5)27(23)16-18-31(25,26)6/h20-27H,7-19H2,1-6H3/t20-,21-,22?,23?,25?,26?,27?,30+,31-/m1/s1. The van der Waals surface area contributed by atoms with Gasteiger partial charge in [0.15, 0.2) is 5.92 Å². The quantitative estimate of drug-likeness (QED) is 0.263. The lowest BCUT2D eigenvalue weighted by atomic mass is 9.44. The summed E-state index contributed by atoms with van der Waals surface area (Å²) in [5, 5.41) is 0. The molecule has 0 bridgehead atoms. The van der Waals surface area contributed by atoms with E-state index in [1.54, 1.807) is 13.8 Å². The number of esters is 2. The van der Waals surface area contributed by atoms with Crippen LogP contribution in [0, 0.1) is 58.2 Å². The van der Waals surface area contributed by atoms with E-state index in [0.29, 0.717) is 42.3 Å². The molecule has 4 rings (SSSR count). The monoisotopic (exact) mass is 488 g/mol. The van der Waals surface area contributed by atoms with Gasteiger partial charge >= 0.3 is 11.9 Å². The van der Waals surface area contributed by atoms with Crippen LogP contribution >= 0.6 is 0 Å². The molecule has 9 atom stereocenters. The summed E-state index contributed by atoms with van der Waals surface area (Å²) in [5.41, 5.74) is 0.988. The summed E-state index contributed by atoms with van der Waals surface area (Å²) in [6, 6.07) is 0. The van der Waals surface area contributed by atoms with Gasteiger partial charge in [-0.15, -0.1) is 0 Å². The molecule has 4 aliphatic carbocycles. The Balaban J connectivity index is 1.42. The van der Waals surface area contributed by atoms with Crippen LogP contribution in [0.2, 0.25) is 0 Å². The number of ether oxygens (including phenoxy) is 2. The molecule has 0 aromatic rings. The highest BCUT2D eigenvalue weighted by atomic mass is 16.6. The second kappa shape index (κ2) is 10.7. The van der Waals surface area contributed by atoms with Crippen LogP contribution in [-0.2, 0) is 19.1 Å². The van der Waals surface area contributed by atoms with Crippen LogP contribution in [-0.4, -0.2) is 25.2 Å². The van der Waals surface area contributed by atoms with E-state index in [0.717, 1.165) is 36.0 Å². The summed E-state index contributed by atoms with van der Waals surface area (Å²) in [7, 11) is 0. The smallest absolute Gasteiger partial charge is 0.320 e. The van der Waals surface area contributed by atoms with E-state index in [-0.39, 0.29) is 0 Å². The Morgan fingerprint density at radius 2 is 1.46 bits per heavy atom. The summed E-state index contributed by atoms with van der Waals surface area (Å²) in [4.78, 5) is 25.0. The second-order valence-corrected chi connectivity index (χ2v) is 13.4. The molecule has 0 N–H and O–H groups in total. The van der Waals surface area contributed by atoms with Crippen LogP contribution in [0.15, 0.2) is 0 Å². The number of hydrogen-bond acceptors (Lipinski definition) is 4. The lowest BCUT2D eigenvalue weighted by molar-refractivity contribution is -0.162. The van der Waals surface area contributed by atoms with E-state index in [2.05, 4.69) is 27.7 Å². The summed E-state index contributed by atoms with van der Waals surface area (Å²) < 4.78 is 10.4. The Hall–Kier alpha value is -1.06. The molecule has 200 valence electrons. The van der Waals surface area contributed by atoms with E-state index >= 15 is 0 Å². The van der Waals surface area contributed by atoms with Crippen LogP contribution < -0.4 is 0 Å². The van der Waals surface area contributed by atoms with E-state index in [9.17, 15) is 9.59 Å². The average molecular weight is 489 g/mol. The van der Waals surface area contributed by atoms with E-state index < -0.39 is 17.9 Å². The second-order valence-electron chi connectivity index (χ2n) is 13.4. The van der Waals surface area contributed by atoms with E-state index in [1.807, 2.05) is 0 Å². The first kappa shape index (κ1) is 27.0. The molecule has 4 aliphatic rings. The van der Waals surface area contributed by atoms with Crippen LogP contribution in [0.1, 0.15) is 112 Å².